The van der Waals surface area contributed by atoms with E-state index in [0.717, 1.165) is 18.4 Å². The van der Waals surface area contributed by atoms with Crippen LogP contribution in [-0.4, -0.2) is 29.7 Å². The molecule has 2 rings (SSSR count). The van der Waals surface area contributed by atoms with Crippen LogP contribution in [0.25, 0.3) is 0 Å². The molecule has 2 atom stereocenters. The molecule has 0 aromatic rings. The predicted molar refractivity (Wildman–Crippen MR) is 45.5 cm³/mol. The zero-order valence-corrected chi connectivity index (χ0v) is 7.60. The molecule has 2 unspecified atom stereocenters. The summed E-state index contributed by atoms with van der Waals surface area (Å²) in [5.41, 5.74) is 0.382. The number of hydrogen-bond donors (Lipinski definition) is 1. The van der Waals surface area contributed by atoms with Crippen molar-refractivity contribution in [3.8, 4) is 0 Å². The minimum absolute atomic E-state index is 0.520. The number of rotatable bonds is 0. The standard InChI is InChI=1S/C8H13O2P/c1-11(10)5-7-3-2-4-8(7,9)6-11/h3,9H,2,4-6H2,1H3. The maximum Gasteiger partial charge on any atom is 0.0932 e. The van der Waals surface area contributed by atoms with E-state index in [4.69, 9.17) is 0 Å². The van der Waals surface area contributed by atoms with Crippen LogP contribution in [0.3, 0.4) is 0 Å². The van der Waals surface area contributed by atoms with Crippen molar-refractivity contribution in [1.29, 1.82) is 0 Å². The van der Waals surface area contributed by atoms with Crippen LogP contribution in [-0.2, 0) is 4.57 Å². The Morgan fingerprint density at radius 2 is 2.45 bits per heavy atom. The van der Waals surface area contributed by atoms with Gasteiger partial charge in [-0.3, -0.25) is 0 Å². The third kappa shape index (κ3) is 1.09. The summed E-state index contributed by atoms with van der Waals surface area (Å²) in [6.07, 6.45) is 4.99. The average molecular weight is 172 g/mol. The van der Waals surface area contributed by atoms with Crippen molar-refractivity contribution in [3.05, 3.63) is 11.6 Å². The quantitative estimate of drug-likeness (QED) is 0.443. The van der Waals surface area contributed by atoms with Crippen molar-refractivity contribution >= 4 is 7.14 Å². The summed E-state index contributed by atoms with van der Waals surface area (Å²) in [4.78, 5) is 0. The van der Waals surface area contributed by atoms with Crippen molar-refractivity contribution in [2.75, 3.05) is 19.0 Å². The lowest BCUT2D eigenvalue weighted by atomic mass is 10.0. The molecule has 2 nitrogen and oxygen atoms in total. The summed E-state index contributed by atoms with van der Waals surface area (Å²) >= 11 is 0. The SMILES string of the molecule is CP1(=O)CC2=CCCC2(O)C1. The fraction of sp³-hybridized carbons (Fsp3) is 0.750. The van der Waals surface area contributed by atoms with Crippen molar-refractivity contribution in [1.82, 2.24) is 0 Å². The molecule has 0 aromatic heterocycles. The van der Waals surface area contributed by atoms with Crippen molar-refractivity contribution in [3.63, 3.8) is 0 Å². The van der Waals surface area contributed by atoms with E-state index < -0.39 is 12.7 Å². The van der Waals surface area contributed by atoms with Crippen LogP contribution >= 0.6 is 7.14 Å². The van der Waals surface area contributed by atoms with Crippen LogP contribution in [0.1, 0.15) is 12.8 Å². The number of allylic oxidation sites excluding steroid dienone is 1. The van der Waals surface area contributed by atoms with Gasteiger partial charge in [0.15, 0.2) is 0 Å². The molecule has 1 aliphatic carbocycles. The molecular formula is C8H13O2P. The highest BCUT2D eigenvalue weighted by Gasteiger charge is 2.47. The van der Waals surface area contributed by atoms with Crippen LogP contribution in [0, 0.1) is 0 Å². The first kappa shape index (κ1) is 7.57. The first-order valence-electron chi connectivity index (χ1n) is 3.99. The summed E-state index contributed by atoms with van der Waals surface area (Å²) in [5, 5.41) is 9.93. The third-order valence-corrected chi connectivity index (χ3v) is 4.85. The van der Waals surface area contributed by atoms with Gasteiger partial charge >= 0.3 is 0 Å². The topological polar surface area (TPSA) is 37.3 Å². The highest BCUT2D eigenvalue weighted by Crippen LogP contribution is 2.58. The molecule has 0 saturated carbocycles. The van der Waals surface area contributed by atoms with E-state index in [1.807, 2.05) is 0 Å². The first-order valence-corrected chi connectivity index (χ1v) is 6.52. The summed E-state index contributed by atoms with van der Waals surface area (Å²) in [6.45, 7) is 1.80. The highest BCUT2D eigenvalue weighted by molar-refractivity contribution is 7.63. The van der Waals surface area contributed by atoms with Crippen molar-refractivity contribution < 1.29 is 9.67 Å². The van der Waals surface area contributed by atoms with Crippen LogP contribution < -0.4 is 0 Å². The van der Waals surface area contributed by atoms with Gasteiger partial charge in [0, 0.05) is 12.3 Å². The van der Waals surface area contributed by atoms with E-state index >= 15 is 0 Å². The molecule has 62 valence electrons. The first-order chi connectivity index (χ1) is 5.02. The second-order valence-electron chi connectivity index (χ2n) is 3.91. The summed E-state index contributed by atoms with van der Waals surface area (Å²) in [5.74, 6) is 0. The van der Waals surface area contributed by atoms with E-state index in [-0.39, 0.29) is 0 Å². The fourth-order valence-corrected chi connectivity index (χ4v) is 4.92. The Balaban J connectivity index is 2.38. The molecule has 0 bridgehead atoms. The summed E-state index contributed by atoms with van der Waals surface area (Å²) < 4.78 is 11.6. The van der Waals surface area contributed by atoms with E-state index in [0.29, 0.717) is 12.3 Å². The second-order valence-corrected chi connectivity index (χ2v) is 7.14. The Kier molecular flexibility index (Phi) is 1.37. The normalized spacial score (nSPS) is 49.1. The maximum atomic E-state index is 11.6. The number of fused-ring (bicyclic) bond motifs is 1. The molecule has 1 saturated heterocycles. The third-order valence-electron chi connectivity index (χ3n) is 2.65. The van der Waals surface area contributed by atoms with Gasteiger partial charge in [-0.05, 0) is 25.1 Å². The zero-order chi connectivity index (χ0) is 8.11. The molecule has 1 fully saturated rings. The molecular weight excluding hydrogens is 159 g/mol. The highest BCUT2D eigenvalue weighted by atomic mass is 31.2. The minimum atomic E-state index is -2.00. The monoisotopic (exact) mass is 172 g/mol. The van der Waals surface area contributed by atoms with Crippen LogP contribution in [0.4, 0.5) is 0 Å². The molecule has 1 N–H and O–H groups in total. The maximum absolute atomic E-state index is 11.6. The number of hydrogen-bond acceptors (Lipinski definition) is 2. The number of aliphatic hydroxyl groups is 1. The van der Waals surface area contributed by atoms with Gasteiger partial charge in [0.2, 0.25) is 0 Å². The molecule has 1 aliphatic heterocycles. The molecule has 11 heavy (non-hydrogen) atoms. The summed E-state index contributed by atoms with van der Waals surface area (Å²) in [7, 11) is -2.00. The molecule has 3 heteroatoms. The molecule has 0 amide bonds. The van der Waals surface area contributed by atoms with E-state index in [9.17, 15) is 9.67 Å². The van der Waals surface area contributed by atoms with Crippen LogP contribution in [0.5, 0.6) is 0 Å². The van der Waals surface area contributed by atoms with E-state index in [1.165, 1.54) is 0 Å². The largest absolute Gasteiger partial charge is 0.385 e. The molecule has 0 spiro atoms. The van der Waals surface area contributed by atoms with E-state index in [2.05, 4.69) is 6.08 Å². The van der Waals surface area contributed by atoms with Gasteiger partial charge in [-0.15, -0.1) is 0 Å². The van der Waals surface area contributed by atoms with E-state index in [1.54, 1.807) is 6.66 Å². The predicted octanol–water partition coefficient (Wildman–Crippen LogP) is 1.44. The smallest absolute Gasteiger partial charge is 0.0932 e. The van der Waals surface area contributed by atoms with Gasteiger partial charge in [0.1, 0.15) is 0 Å². The van der Waals surface area contributed by atoms with Gasteiger partial charge in [-0.1, -0.05) is 6.08 Å². The lowest BCUT2D eigenvalue weighted by molar-refractivity contribution is 0.109. The summed E-state index contributed by atoms with van der Waals surface area (Å²) in [6, 6.07) is 0. The van der Waals surface area contributed by atoms with Crippen molar-refractivity contribution in [2.45, 2.75) is 18.4 Å². The van der Waals surface area contributed by atoms with Gasteiger partial charge in [0.25, 0.3) is 0 Å². The Morgan fingerprint density at radius 1 is 1.73 bits per heavy atom. The zero-order valence-electron chi connectivity index (χ0n) is 6.71. The lowest BCUT2D eigenvalue weighted by Crippen LogP contribution is -2.26. The van der Waals surface area contributed by atoms with Gasteiger partial charge in [-0.2, -0.15) is 0 Å². The van der Waals surface area contributed by atoms with Crippen LogP contribution in [0.2, 0.25) is 0 Å². The van der Waals surface area contributed by atoms with Crippen LogP contribution in [0.15, 0.2) is 11.6 Å². The molecule has 1 heterocycles. The van der Waals surface area contributed by atoms with Gasteiger partial charge in [-0.25, -0.2) is 0 Å². The Hall–Kier alpha value is -0.0700. The van der Waals surface area contributed by atoms with Gasteiger partial charge in [0.05, 0.1) is 12.7 Å². The molecule has 0 aromatic carbocycles. The second kappa shape index (κ2) is 1.99. The Bertz CT molecular complexity index is 269. The average Bonchev–Trinajstić information content (AvgIpc) is 2.16. The molecule has 2 aliphatic rings. The lowest BCUT2D eigenvalue weighted by Gasteiger charge is -2.17. The fourth-order valence-electron chi connectivity index (χ4n) is 2.20. The van der Waals surface area contributed by atoms with Crippen molar-refractivity contribution in [2.24, 2.45) is 0 Å². The minimum Gasteiger partial charge on any atom is -0.385 e. The van der Waals surface area contributed by atoms with Gasteiger partial charge < -0.3 is 9.67 Å². The Morgan fingerprint density at radius 3 is 3.09 bits per heavy atom. The molecule has 0 radical (unpaired) electrons. The Labute approximate surface area is 66.7 Å².